The first kappa shape index (κ1) is 16.2. The van der Waals surface area contributed by atoms with Gasteiger partial charge in [-0.2, -0.15) is 0 Å². The minimum absolute atomic E-state index is 0.188. The molecule has 0 unspecified atom stereocenters. The SMILES string of the molecule is Cc1nc(-c2ccc(N=Cc3c(O)[nH]c(=O)c4ccccc34)cc2)cs1. The fourth-order valence-electron chi connectivity index (χ4n) is 2.77. The number of rotatable bonds is 3. The number of aliphatic imine (C=N–C) groups is 1. The average Bonchev–Trinajstić information content (AvgIpc) is 3.08. The molecule has 2 aromatic heterocycles. The molecular weight excluding hydrogens is 346 g/mol. The summed E-state index contributed by atoms with van der Waals surface area (Å²) in [6, 6.07) is 14.8. The molecule has 2 heterocycles. The van der Waals surface area contributed by atoms with E-state index in [4.69, 9.17) is 0 Å². The van der Waals surface area contributed by atoms with E-state index in [9.17, 15) is 9.90 Å². The molecule has 5 nitrogen and oxygen atoms in total. The Morgan fingerprint density at radius 1 is 1.12 bits per heavy atom. The molecule has 26 heavy (non-hydrogen) atoms. The predicted molar refractivity (Wildman–Crippen MR) is 106 cm³/mol. The molecule has 2 N–H and O–H groups in total. The third-order valence-corrected chi connectivity index (χ3v) is 4.85. The Morgan fingerprint density at radius 2 is 1.85 bits per heavy atom. The van der Waals surface area contributed by atoms with Crippen LogP contribution in [0.25, 0.3) is 22.0 Å². The summed E-state index contributed by atoms with van der Waals surface area (Å²) in [6.07, 6.45) is 1.57. The minimum atomic E-state index is -0.321. The van der Waals surface area contributed by atoms with Crippen molar-refractivity contribution in [1.82, 2.24) is 9.97 Å². The van der Waals surface area contributed by atoms with Crippen molar-refractivity contribution in [3.63, 3.8) is 0 Å². The molecule has 0 saturated heterocycles. The number of fused-ring (bicyclic) bond motifs is 1. The zero-order valence-electron chi connectivity index (χ0n) is 13.9. The zero-order valence-corrected chi connectivity index (χ0v) is 14.7. The zero-order chi connectivity index (χ0) is 18.1. The summed E-state index contributed by atoms with van der Waals surface area (Å²) in [5.74, 6) is -0.188. The van der Waals surface area contributed by atoms with Crippen molar-refractivity contribution in [1.29, 1.82) is 0 Å². The van der Waals surface area contributed by atoms with Crippen molar-refractivity contribution in [3.8, 4) is 17.1 Å². The molecular formula is C20H15N3O2S. The topological polar surface area (TPSA) is 78.3 Å². The molecule has 0 spiro atoms. The van der Waals surface area contributed by atoms with Crippen LogP contribution in [-0.4, -0.2) is 21.3 Å². The van der Waals surface area contributed by atoms with Gasteiger partial charge in [-0.25, -0.2) is 4.98 Å². The molecule has 128 valence electrons. The van der Waals surface area contributed by atoms with E-state index in [1.54, 1.807) is 35.8 Å². The monoisotopic (exact) mass is 361 g/mol. The molecule has 0 saturated carbocycles. The lowest BCUT2D eigenvalue weighted by Gasteiger charge is -2.04. The van der Waals surface area contributed by atoms with Crippen molar-refractivity contribution in [3.05, 3.63) is 74.8 Å². The Morgan fingerprint density at radius 3 is 2.54 bits per heavy atom. The number of benzene rings is 2. The average molecular weight is 361 g/mol. The third-order valence-electron chi connectivity index (χ3n) is 4.07. The van der Waals surface area contributed by atoms with Crippen LogP contribution in [0.1, 0.15) is 10.6 Å². The lowest BCUT2D eigenvalue weighted by atomic mass is 10.1. The second kappa shape index (κ2) is 6.57. The summed E-state index contributed by atoms with van der Waals surface area (Å²) in [5.41, 5.74) is 2.89. The molecule has 0 aliphatic carbocycles. The summed E-state index contributed by atoms with van der Waals surface area (Å²) >= 11 is 1.62. The van der Waals surface area contributed by atoms with E-state index in [2.05, 4.69) is 15.0 Å². The van der Waals surface area contributed by atoms with Crippen LogP contribution in [0.4, 0.5) is 5.69 Å². The highest BCUT2D eigenvalue weighted by Crippen LogP contribution is 2.25. The highest BCUT2D eigenvalue weighted by atomic mass is 32.1. The van der Waals surface area contributed by atoms with Gasteiger partial charge in [0, 0.05) is 27.9 Å². The number of aromatic hydroxyl groups is 1. The highest BCUT2D eigenvalue weighted by molar-refractivity contribution is 7.09. The molecule has 0 radical (unpaired) electrons. The lowest BCUT2D eigenvalue weighted by Crippen LogP contribution is -2.07. The number of hydrogen-bond acceptors (Lipinski definition) is 5. The van der Waals surface area contributed by atoms with Crippen molar-refractivity contribution >= 4 is 34.0 Å². The Bertz CT molecular complexity index is 1170. The van der Waals surface area contributed by atoms with Gasteiger partial charge in [-0.15, -0.1) is 11.3 Å². The Labute approximate surface area is 153 Å². The number of aromatic nitrogens is 2. The molecule has 0 aliphatic rings. The molecule has 0 fully saturated rings. The minimum Gasteiger partial charge on any atom is -0.494 e. The molecule has 0 amide bonds. The normalized spacial score (nSPS) is 11.4. The van der Waals surface area contributed by atoms with Crippen molar-refractivity contribution in [2.24, 2.45) is 4.99 Å². The van der Waals surface area contributed by atoms with Crippen LogP contribution in [0.3, 0.4) is 0 Å². The molecule has 0 atom stereocenters. The molecule has 0 bridgehead atoms. The summed E-state index contributed by atoms with van der Waals surface area (Å²) < 4.78 is 0. The number of H-pyrrole nitrogens is 1. The maximum absolute atomic E-state index is 11.9. The van der Waals surface area contributed by atoms with Crippen LogP contribution in [-0.2, 0) is 0 Å². The third kappa shape index (κ3) is 3.02. The van der Waals surface area contributed by atoms with Gasteiger partial charge in [0.2, 0.25) is 5.88 Å². The quantitative estimate of drug-likeness (QED) is 0.530. The number of nitrogens with zero attached hydrogens (tertiary/aromatic N) is 2. The van der Waals surface area contributed by atoms with Crippen LogP contribution >= 0.6 is 11.3 Å². The van der Waals surface area contributed by atoms with E-state index in [-0.39, 0.29) is 11.4 Å². The van der Waals surface area contributed by atoms with E-state index in [0.29, 0.717) is 16.3 Å². The Kier molecular flexibility index (Phi) is 4.10. The van der Waals surface area contributed by atoms with Crippen molar-refractivity contribution in [2.45, 2.75) is 6.92 Å². The second-order valence-electron chi connectivity index (χ2n) is 5.82. The van der Waals surface area contributed by atoms with E-state index >= 15 is 0 Å². The number of thiazole rings is 1. The maximum Gasteiger partial charge on any atom is 0.258 e. The summed E-state index contributed by atoms with van der Waals surface area (Å²) in [7, 11) is 0. The number of aryl methyl sites for hydroxylation is 1. The van der Waals surface area contributed by atoms with Crippen LogP contribution in [0.2, 0.25) is 0 Å². The van der Waals surface area contributed by atoms with Gasteiger partial charge in [-0.05, 0) is 25.1 Å². The van der Waals surface area contributed by atoms with E-state index < -0.39 is 0 Å². The fraction of sp³-hybridized carbons (Fsp3) is 0.0500. The number of hydrogen-bond donors (Lipinski definition) is 2. The van der Waals surface area contributed by atoms with Crippen LogP contribution in [0.5, 0.6) is 5.88 Å². The summed E-state index contributed by atoms with van der Waals surface area (Å²) in [5, 5.41) is 14.3. The van der Waals surface area contributed by atoms with Crippen molar-refractivity contribution in [2.75, 3.05) is 0 Å². The lowest BCUT2D eigenvalue weighted by molar-refractivity contribution is 0.452. The van der Waals surface area contributed by atoms with Crippen molar-refractivity contribution < 1.29 is 5.11 Å². The summed E-state index contributed by atoms with van der Waals surface area (Å²) in [6.45, 7) is 1.98. The highest BCUT2D eigenvalue weighted by Gasteiger charge is 2.08. The number of aromatic amines is 1. The second-order valence-corrected chi connectivity index (χ2v) is 6.88. The van der Waals surface area contributed by atoms with E-state index in [1.165, 1.54) is 0 Å². The van der Waals surface area contributed by atoms with Gasteiger partial charge in [0.1, 0.15) is 0 Å². The molecule has 6 heteroatoms. The van der Waals surface area contributed by atoms with Crippen LogP contribution in [0, 0.1) is 6.92 Å². The van der Waals surface area contributed by atoms with Gasteiger partial charge in [-0.3, -0.25) is 14.8 Å². The molecule has 2 aromatic carbocycles. The van der Waals surface area contributed by atoms with Crippen LogP contribution in [0.15, 0.2) is 63.7 Å². The Hall–Kier alpha value is -3.25. The van der Waals surface area contributed by atoms with Crippen LogP contribution < -0.4 is 5.56 Å². The van der Waals surface area contributed by atoms with Gasteiger partial charge < -0.3 is 5.11 Å². The predicted octanol–water partition coefficient (Wildman–Crippen LogP) is 4.42. The number of nitrogens with one attached hydrogen (secondary N) is 1. The fourth-order valence-corrected chi connectivity index (χ4v) is 3.39. The first-order valence-corrected chi connectivity index (χ1v) is 8.90. The molecule has 0 aliphatic heterocycles. The first-order valence-electron chi connectivity index (χ1n) is 8.02. The molecule has 4 aromatic rings. The number of pyridine rings is 1. The van der Waals surface area contributed by atoms with Gasteiger partial charge in [-0.1, -0.05) is 30.3 Å². The standard InChI is InChI=1S/C20H15N3O2S/c1-12-22-18(11-26-12)13-6-8-14(9-7-13)21-10-17-15-4-2-3-5-16(15)19(24)23-20(17)25/h2-11H,1H3,(H2,23,24,25). The van der Waals surface area contributed by atoms with Gasteiger partial charge in [0.05, 0.1) is 22.0 Å². The smallest absolute Gasteiger partial charge is 0.258 e. The maximum atomic E-state index is 11.9. The molecule has 4 rings (SSSR count). The van der Waals surface area contributed by atoms with Gasteiger partial charge >= 0.3 is 0 Å². The van der Waals surface area contributed by atoms with E-state index in [1.807, 2.05) is 42.6 Å². The van der Waals surface area contributed by atoms with Gasteiger partial charge in [0.15, 0.2) is 0 Å². The van der Waals surface area contributed by atoms with Gasteiger partial charge in [0.25, 0.3) is 5.56 Å². The summed E-state index contributed by atoms with van der Waals surface area (Å²) in [4.78, 5) is 23.3. The van der Waals surface area contributed by atoms with E-state index in [0.717, 1.165) is 22.0 Å². The first-order chi connectivity index (χ1) is 12.6. The largest absolute Gasteiger partial charge is 0.494 e. The Balaban J connectivity index is 1.69.